The summed E-state index contributed by atoms with van der Waals surface area (Å²) >= 11 is 5.91. The van der Waals surface area contributed by atoms with Gasteiger partial charge in [0.1, 0.15) is 5.15 Å². The molecule has 0 radical (unpaired) electrons. The van der Waals surface area contributed by atoms with Gasteiger partial charge in [-0.2, -0.15) is 5.10 Å². The van der Waals surface area contributed by atoms with Gasteiger partial charge in [-0.3, -0.25) is 9.89 Å². The van der Waals surface area contributed by atoms with Crippen molar-refractivity contribution in [1.29, 1.82) is 0 Å². The maximum atomic E-state index is 12.2. The first-order valence-electron chi connectivity index (χ1n) is 5.79. The fraction of sp³-hybridized carbons (Fsp3) is 0. The summed E-state index contributed by atoms with van der Waals surface area (Å²) in [6.07, 6.45) is 3.04. The largest absolute Gasteiger partial charge is 0.397 e. The van der Waals surface area contributed by atoms with Gasteiger partial charge in [0.25, 0.3) is 5.91 Å². The van der Waals surface area contributed by atoms with Crippen LogP contribution in [0.15, 0.2) is 36.7 Å². The Balaban J connectivity index is 1.96. The lowest BCUT2D eigenvalue weighted by Crippen LogP contribution is -2.13. The van der Waals surface area contributed by atoms with Gasteiger partial charge in [-0.1, -0.05) is 17.7 Å². The van der Waals surface area contributed by atoms with Gasteiger partial charge in [-0.15, -0.1) is 0 Å². The molecule has 0 aliphatic rings. The normalized spacial score (nSPS) is 10.7. The van der Waals surface area contributed by atoms with Crippen LogP contribution in [-0.2, 0) is 0 Å². The molecule has 1 amide bonds. The number of nitrogens with one attached hydrogen (secondary N) is 2. The van der Waals surface area contributed by atoms with E-state index in [1.54, 1.807) is 12.3 Å². The van der Waals surface area contributed by atoms with Crippen molar-refractivity contribution in [3.63, 3.8) is 0 Å². The van der Waals surface area contributed by atoms with Gasteiger partial charge in [0, 0.05) is 5.39 Å². The highest BCUT2D eigenvalue weighted by Gasteiger charge is 2.13. The zero-order chi connectivity index (χ0) is 14.1. The van der Waals surface area contributed by atoms with E-state index in [1.165, 1.54) is 12.3 Å². The number of benzene rings is 1. The average molecular weight is 288 g/mol. The van der Waals surface area contributed by atoms with Gasteiger partial charge in [-0.05, 0) is 18.2 Å². The Morgan fingerprint density at radius 3 is 3.05 bits per heavy atom. The predicted molar refractivity (Wildman–Crippen MR) is 77.7 cm³/mol. The minimum Gasteiger partial charge on any atom is -0.397 e. The van der Waals surface area contributed by atoms with E-state index in [0.717, 1.165) is 10.9 Å². The third kappa shape index (κ3) is 2.17. The number of H-pyrrole nitrogens is 1. The molecule has 7 heteroatoms. The third-order valence-corrected chi connectivity index (χ3v) is 3.14. The highest BCUT2D eigenvalue weighted by Crippen LogP contribution is 2.23. The SMILES string of the molecule is Nc1cnc(Cl)c(C(=O)Nc2cccc3[nH]ncc23)c1. The van der Waals surface area contributed by atoms with Crippen molar-refractivity contribution >= 4 is 39.8 Å². The number of hydrogen-bond acceptors (Lipinski definition) is 4. The molecule has 4 N–H and O–H groups in total. The van der Waals surface area contributed by atoms with E-state index in [9.17, 15) is 4.79 Å². The summed E-state index contributed by atoms with van der Waals surface area (Å²) in [6, 6.07) is 6.95. The van der Waals surface area contributed by atoms with Crippen molar-refractivity contribution in [2.45, 2.75) is 0 Å². The highest BCUT2D eigenvalue weighted by atomic mass is 35.5. The van der Waals surface area contributed by atoms with Gasteiger partial charge in [0.15, 0.2) is 0 Å². The Kier molecular flexibility index (Phi) is 3.00. The number of fused-ring (bicyclic) bond motifs is 1. The van der Waals surface area contributed by atoms with Crippen LogP contribution in [0.2, 0.25) is 5.15 Å². The molecule has 3 rings (SSSR count). The smallest absolute Gasteiger partial charge is 0.258 e. The summed E-state index contributed by atoms with van der Waals surface area (Å²) < 4.78 is 0. The number of nitrogens with zero attached hydrogens (tertiary/aromatic N) is 2. The first-order chi connectivity index (χ1) is 9.65. The van der Waals surface area contributed by atoms with Gasteiger partial charge in [-0.25, -0.2) is 4.98 Å². The molecule has 20 heavy (non-hydrogen) atoms. The van der Waals surface area contributed by atoms with E-state index in [4.69, 9.17) is 17.3 Å². The van der Waals surface area contributed by atoms with E-state index in [1.807, 2.05) is 12.1 Å². The van der Waals surface area contributed by atoms with Crippen LogP contribution in [0.5, 0.6) is 0 Å². The van der Waals surface area contributed by atoms with E-state index >= 15 is 0 Å². The van der Waals surface area contributed by atoms with Gasteiger partial charge in [0.2, 0.25) is 0 Å². The average Bonchev–Trinajstić information content (AvgIpc) is 2.91. The van der Waals surface area contributed by atoms with Crippen molar-refractivity contribution in [1.82, 2.24) is 15.2 Å². The summed E-state index contributed by atoms with van der Waals surface area (Å²) in [4.78, 5) is 16.1. The first-order valence-corrected chi connectivity index (χ1v) is 6.17. The molecule has 0 saturated heterocycles. The molecular formula is C13H10ClN5O. The van der Waals surface area contributed by atoms with Gasteiger partial charge >= 0.3 is 0 Å². The van der Waals surface area contributed by atoms with E-state index in [2.05, 4.69) is 20.5 Å². The zero-order valence-corrected chi connectivity index (χ0v) is 11.0. The van der Waals surface area contributed by atoms with Crippen LogP contribution in [0.1, 0.15) is 10.4 Å². The van der Waals surface area contributed by atoms with Crippen LogP contribution < -0.4 is 11.1 Å². The van der Waals surface area contributed by atoms with E-state index in [-0.39, 0.29) is 16.6 Å². The van der Waals surface area contributed by atoms with Crippen molar-refractivity contribution < 1.29 is 4.79 Å². The molecule has 100 valence electrons. The van der Waals surface area contributed by atoms with Crippen LogP contribution in [0.3, 0.4) is 0 Å². The fourth-order valence-electron chi connectivity index (χ4n) is 1.89. The Morgan fingerprint density at radius 1 is 1.35 bits per heavy atom. The lowest BCUT2D eigenvalue weighted by molar-refractivity contribution is 0.102. The first kappa shape index (κ1) is 12.4. The molecule has 0 aliphatic carbocycles. The minimum atomic E-state index is -0.372. The monoisotopic (exact) mass is 287 g/mol. The summed E-state index contributed by atoms with van der Waals surface area (Å²) in [5.41, 5.74) is 7.69. The number of halogens is 1. The van der Waals surface area contributed by atoms with Crippen molar-refractivity contribution in [2.75, 3.05) is 11.1 Å². The maximum Gasteiger partial charge on any atom is 0.258 e. The second kappa shape index (κ2) is 4.82. The van der Waals surface area contributed by atoms with Crippen LogP contribution in [0, 0.1) is 0 Å². The number of rotatable bonds is 2. The van der Waals surface area contributed by atoms with Gasteiger partial charge < -0.3 is 11.1 Å². The second-order valence-corrected chi connectivity index (χ2v) is 4.56. The molecule has 0 saturated carbocycles. The Morgan fingerprint density at radius 2 is 2.20 bits per heavy atom. The number of anilines is 2. The van der Waals surface area contributed by atoms with E-state index in [0.29, 0.717) is 11.4 Å². The summed E-state index contributed by atoms with van der Waals surface area (Å²) in [7, 11) is 0. The molecule has 2 aromatic heterocycles. The molecule has 2 heterocycles. The maximum absolute atomic E-state index is 12.2. The summed E-state index contributed by atoms with van der Waals surface area (Å²) in [5.74, 6) is -0.372. The van der Waals surface area contributed by atoms with Crippen molar-refractivity contribution in [3.05, 3.63) is 47.4 Å². The molecule has 0 unspecified atom stereocenters. The number of nitrogen functional groups attached to an aromatic ring is 1. The zero-order valence-electron chi connectivity index (χ0n) is 10.2. The lowest BCUT2D eigenvalue weighted by atomic mass is 10.2. The topological polar surface area (TPSA) is 96.7 Å². The lowest BCUT2D eigenvalue weighted by Gasteiger charge is -2.07. The number of aromatic nitrogens is 3. The van der Waals surface area contributed by atoms with Crippen molar-refractivity contribution in [3.8, 4) is 0 Å². The Bertz CT molecular complexity index is 798. The standard InChI is InChI=1S/C13H10ClN5O/c14-12-8(4-7(15)5-16-12)13(20)18-10-2-1-3-11-9(10)6-17-19-11/h1-6H,15H2,(H,17,19)(H,18,20). The third-order valence-electron chi connectivity index (χ3n) is 2.84. The van der Waals surface area contributed by atoms with Crippen LogP contribution in [-0.4, -0.2) is 21.1 Å². The molecule has 0 atom stereocenters. The quantitative estimate of drug-likeness (QED) is 0.631. The number of carbonyl (C=O) groups excluding carboxylic acids is 1. The molecule has 0 spiro atoms. The minimum absolute atomic E-state index is 0.107. The Hall–Kier alpha value is -2.60. The molecule has 1 aromatic carbocycles. The fourth-order valence-corrected chi connectivity index (χ4v) is 2.08. The summed E-state index contributed by atoms with van der Waals surface area (Å²) in [5, 5.41) is 10.5. The predicted octanol–water partition coefficient (Wildman–Crippen LogP) is 2.45. The molecule has 3 aromatic rings. The van der Waals surface area contributed by atoms with Crippen LogP contribution in [0.4, 0.5) is 11.4 Å². The molecular weight excluding hydrogens is 278 g/mol. The number of amides is 1. The second-order valence-electron chi connectivity index (χ2n) is 4.20. The number of hydrogen-bond donors (Lipinski definition) is 3. The van der Waals surface area contributed by atoms with E-state index < -0.39 is 0 Å². The van der Waals surface area contributed by atoms with Crippen LogP contribution in [0.25, 0.3) is 10.9 Å². The van der Waals surface area contributed by atoms with Crippen molar-refractivity contribution in [2.24, 2.45) is 0 Å². The molecule has 0 bridgehead atoms. The highest BCUT2D eigenvalue weighted by molar-refractivity contribution is 6.33. The number of nitrogens with two attached hydrogens (primary N) is 1. The Labute approximate surface area is 119 Å². The number of pyridine rings is 1. The molecule has 0 fully saturated rings. The number of carbonyl (C=O) groups is 1. The molecule has 6 nitrogen and oxygen atoms in total. The van der Waals surface area contributed by atoms with Gasteiger partial charge in [0.05, 0.1) is 34.8 Å². The number of aromatic amines is 1. The summed E-state index contributed by atoms with van der Waals surface area (Å²) in [6.45, 7) is 0. The van der Waals surface area contributed by atoms with Crippen LogP contribution >= 0.6 is 11.6 Å². The molecule has 0 aliphatic heterocycles.